The van der Waals surface area contributed by atoms with E-state index in [2.05, 4.69) is 10.2 Å². The fourth-order valence-electron chi connectivity index (χ4n) is 1.70. The van der Waals surface area contributed by atoms with Gasteiger partial charge in [-0.3, -0.25) is 9.69 Å². The summed E-state index contributed by atoms with van der Waals surface area (Å²) in [6, 6.07) is -0.00825. The maximum absolute atomic E-state index is 11.6. The third-order valence-corrected chi connectivity index (χ3v) is 2.85. The van der Waals surface area contributed by atoms with Crippen molar-refractivity contribution < 1.29 is 9.59 Å². The highest BCUT2D eigenvalue weighted by Crippen LogP contribution is 2.02. The highest BCUT2D eigenvalue weighted by atomic mass is 16.2. The summed E-state index contributed by atoms with van der Waals surface area (Å²) >= 11 is 0. The molecule has 0 unspecified atom stereocenters. The Morgan fingerprint density at radius 3 is 2.24 bits per heavy atom. The SMILES string of the molecule is CCNC(=O)N1CCN(CC(=O)N(C)C)CC1. The zero-order chi connectivity index (χ0) is 12.8. The van der Waals surface area contributed by atoms with Crippen LogP contribution in [0.2, 0.25) is 0 Å². The molecule has 0 aliphatic carbocycles. The predicted octanol–water partition coefficient (Wildman–Crippen LogP) is -0.578. The lowest BCUT2D eigenvalue weighted by Gasteiger charge is -2.34. The fraction of sp³-hybridized carbons (Fsp3) is 0.818. The monoisotopic (exact) mass is 242 g/mol. The summed E-state index contributed by atoms with van der Waals surface area (Å²) in [6.45, 7) is 5.89. The van der Waals surface area contributed by atoms with Crippen LogP contribution in [0.15, 0.2) is 0 Å². The van der Waals surface area contributed by atoms with E-state index in [9.17, 15) is 9.59 Å². The summed E-state index contributed by atoms with van der Waals surface area (Å²) in [5.74, 6) is 0.108. The van der Waals surface area contributed by atoms with Crippen LogP contribution in [0.25, 0.3) is 0 Å². The number of carbonyl (C=O) groups excluding carboxylic acids is 2. The Morgan fingerprint density at radius 1 is 1.18 bits per heavy atom. The van der Waals surface area contributed by atoms with Gasteiger partial charge in [0.25, 0.3) is 0 Å². The average molecular weight is 242 g/mol. The summed E-state index contributed by atoms with van der Waals surface area (Å²) in [5, 5.41) is 2.78. The maximum atomic E-state index is 11.6. The van der Waals surface area contributed by atoms with Crippen molar-refractivity contribution in [3.8, 4) is 0 Å². The van der Waals surface area contributed by atoms with Crippen LogP contribution in [0.1, 0.15) is 6.92 Å². The number of nitrogens with zero attached hydrogens (tertiary/aromatic N) is 3. The first-order valence-corrected chi connectivity index (χ1v) is 6.00. The molecule has 0 spiro atoms. The van der Waals surface area contributed by atoms with Crippen LogP contribution in [-0.4, -0.2) is 80.0 Å². The minimum absolute atomic E-state index is 0.00825. The minimum Gasteiger partial charge on any atom is -0.348 e. The van der Waals surface area contributed by atoms with Gasteiger partial charge in [0.1, 0.15) is 0 Å². The lowest BCUT2D eigenvalue weighted by molar-refractivity contribution is -0.130. The van der Waals surface area contributed by atoms with Gasteiger partial charge in [0.05, 0.1) is 6.54 Å². The summed E-state index contributed by atoms with van der Waals surface area (Å²) in [6.07, 6.45) is 0. The zero-order valence-electron chi connectivity index (χ0n) is 10.9. The molecular formula is C11H22N4O2. The average Bonchev–Trinajstić information content (AvgIpc) is 2.30. The Balaban J connectivity index is 2.31. The molecular weight excluding hydrogens is 220 g/mol. The quantitative estimate of drug-likeness (QED) is 0.720. The standard InChI is InChI=1S/C11H22N4O2/c1-4-12-11(17)15-7-5-14(6-8-15)9-10(16)13(2)3/h4-9H2,1-3H3,(H,12,17). The van der Waals surface area contributed by atoms with Crippen LogP contribution < -0.4 is 5.32 Å². The molecule has 1 N–H and O–H groups in total. The van der Waals surface area contributed by atoms with Gasteiger partial charge in [0, 0.05) is 46.8 Å². The molecule has 0 radical (unpaired) electrons. The van der Waals surface area contributed by atoms with Crippen molar-refractivity contribution in [1.82, 2.24) is 20.0 Å². The van der Waals surface area contributed by atoms with Gasteiger partial charge in [-0.25, -0.2) is 4.79 Å². The molecule has 1 rings (SSSR count). The van der Waals surface area contributed by atoms with E-state index in [0.29, 0.717) is 26.2 Å². The van der Waals surface area contributed by atoms with E-state index in [4.69, 9.17) is 0 Å². The molecule has 0 saturated carbocycles. The second kappa shape index (κ2) is 6.44. The van der Waals surface area contributed by atoms with E-state index in [0.717, 1.165) is 13.1 Å². The van der Waals surface area contributed by atoms with Crippen molar-refractivity contribution in [2.75, 3.05) is 53.4 Å². The van der Waals surface area contributed by atoms with Crippen molar-refractivity contribution in [2.24, 2.45) is 0 Å². The van der Waals surface area contributed by atoms with Gasteiger partial charge in [-0.05, 0) is 6.92 Å². The molecule has 1 saturated heterocycles. The van der Waals surface area contributed by atoms with Gasteiger partial charge in [-0.2, -0.15) is 0 Å². The molecule has 1 fully saturated rings. The molecule has 0 aromatic heterocycles. The molecule has 0 atom stereocenters. The third kappa shape index (κ3) is 4.22. The van der Waals surface area contributed by atoms with Crippen LogP contribution in [0.4, 0.5) is 4.79 Å². The Kier molecular flexibility index (Phi) is 5.21. The minimum atomic E-state index is -0.00825. The van der Waals surface area contributed by atoms with E-state index in [-0.39, 0.29) is 11.9 Å². The smallest absolute Gasteiger partial charge is 0.317 e. The van der Waals surface area contributed by atoms with Gasteiger partial charge >= 0.3 is 6.03 Å². The molecule has 6 heteroatoms. The number of rotatable bonds is 3. The zero-order valence-corrected chi connectivity index (χ0v) is 10.9. The number of hydrogen-bond donors (Lipinski definition) is 1. The second-order valence-corrected chi connectivity index (χ2v) is 4.39. The van der Waals surface area contributed by atoms with Gasteiger partial charge in [-0.1, -0.05) is 0 Å². The van der Waals surface area contributed by atoms with Crippen molar-refractivity contribution in [3.05, 3.63) is 0 Å². The normalized spacial score (nSPS) is 16.8. The van der Waals surface area contributed by atoms with Crippen LogP contribution >= 0.6 is 0 Å². The summed E-state index contributed by atoms with van der Waals surface area (Å²) in [4.78, 5) is 28.5. The second-order valence-electron chi connectivity index (χ2n) is 4.39. The molecule has 0 aromatic rings. The molecule has 6 nitrogen and oxygen atoms in total. The number of likely N-dealkylation sites (N-methyl/N-ethyl adjacent to an activating group) is 1. The molecule has 3 amide bonds. The third-order valence-electron chi connectivity index (χ3n) is 2.85. The molecule has 98 valence electrons. The fourth-order valence-corrected chi connectivity index (χ4v) is 1.70. The summed E-state index contributed by atoms with van der Waals surface area (Å²) in [5.41, 5.74) is 0. The predicted molar refractivity (Wildman–Crippen MR) is 65.8 cm³/mol. The lowest BCUT2D eigenvalue weighted by Crippen LogP contribution is -2.53. The number of hydrogen-bond acceptors (Lipinski definition) is 3. The Morgan fingerprint density at radius 2 is 1.76 bits per heavy atom. The van der Waals surface area contributed by atoms with Gasteiger partial charge < -0.3 is 15.1 Å². The van der Waals surface area contributed by atoms with Crippen molar-refractivity contribution in [1.29, 1.82) is 0 Å². The van der Waals surface area contributed by atoms with Gasteiger partial charge in [-0.15, -0.1) is 0 Å². The van der Waals surface area contributed by atoms with E-state index in [1.54, 1.807) is 23.9 Å². The van der Waals surface area contributed by atoms with Crippen molar-refractivity contribution in [3.63, 3.8) is 0 Å². The number of carbonyl (C=O) groups is 2. The van der Waals surface area contributed by atoms with Crippen LogP contribution in [-0.2, 0) is 4.79 Å². The maximum Gasteiger partial charge on any atom is 0.317 e. The molecule has 1 heterocycles. The number of piperazine rings is 1. The van der Waals surface area contributed by atoms with E-state index >= 15 is 0 Å². The van der Waals surface area contributed by atoms with E-state index < -0.39 is 0 Å². The highest BCUT2D eigenvalue weighted by Gasteiger charge is 2.22. The van der Waals surface area contributed by atoms with Gasteiger partial charge in [0.15, 0.2) is 0 Å². The van der Waals surface area contributed by atoms with Crippen molar-refractivity contribution in [2.45, 2.75) is 6.92 Å². The Hall–Kier alpha value is -1.30. The lowest BCUT2D eigenvalue weighted by atomic mass is 10.3. The molecule has 17 heavy (non-hydrogen) atoms. The van der Waals surface area contributed by atoms with Crippen LogP contribution in [0.3, 0.4) is 0 Å². The van der Waals surface area contributed by atoms with E-state index in [1.165, 1.54) is 0 Å². The van der Waals surface area contributed by atoms with E-state index in [1.807, 2.05) is 6.92 Å². The van der Waals surface area contributed by atoms with Crippen molar-refractivity contribution >= 4 is 11.9 Å². The van der Waals surface area contributed by atoms with Crippen LogP contribution in [0.5, 0.6) is 0 Å². The van der Waals surface area contributed by atoms with Gasteiger partial charge in [0.2, 0.25) is 5.91 Å². The number of amides is 3. The molecule has 0 bridgehead atoms. The number of urea groups is 1. The Labute approximate surface area is 103 Å². The van der Waals surface area contributed by atoms with Crippen LogP contribution in [0, 0.1) is 0 Å². The number of nitrogens with one attached hydrogen (secondary N) is 1. The molecule has 1 aliphatic rings. The molecule has 0 aromatic carbocycles. The first kappa shape index (κ1) is 13.8. The molecule has 1 aliphatic heterocycles. The first-order chi connectivity index (χ1) is 8.04. The first-order valence-electron chi connectivity index (χ1n) is 6.00. The topological polar surface area (TPSA) is 55.9 Å². The highest BCUT2D eigenvalue weighted by molar-refractivity contribution is 5.77. The largest absolute Gasteiger partial charge is 0.348 e. The Bertz CT molecular complexity index is 273. The summed E-state index contributed by atoms with van der Waals surface area (Å²) < 4.78 is 0. The summed E-state index contributed by atoms with van der Waals surface area (Å²) in [7, 11) is 3.51.